The minimum atomic E-state index is -0.932. The van der Waals surface area contributed by atoms with E-state index in [0.717, 1.165) is 34.8 Å². The molecule has 1 aliphatic heterocycles. The van der Waals surface area contributed by atoms with Crippen molar-refractivity contribution in [3.63, 3.8) is 0 Å². The first-order valence-corrected chi connectivity index (χ1v) is 9.48. The van der Waals surface area contributed by atoms with Crippen LogP contribution in [0.2, 0.25) is 0 Å². The number of hydrogen-bond donors (Lipinski definition) is 3. The third-order valence-electron chi connectivity index (χ3n) is 5.38. The topological polar surface area (TPSA) is 93.7 Å². The van der Waals surface area contributed by atoms with E-state index in [9.17, 15) is 8.78 Å². The van der Waals surface area contributed by atoms with Crippen molar-refractivity contribution >= 4 is 23.5 Å². The van der Waals surface area contributed by atoms with Gasteiger partial charge in [-0.3, -0.25) is 15.8 Å². The molecule has 0 radical (unpaired) electrons. The number of aromatic nitrogens is 3. The number of nitrogens with one attached hydrogen (secondary N) is 3. The van der Waals surface area contributed by atoms with Crippen LogP contribution in [0, 0.1) is 36.3 Å². The van der Waals surface area contributed by atoms with Crippen LogP contribution in [-0.2, 0) is 13.0 Å². The van der Waals surface area contributed by atoms with Gasteiger partial charge in [-0.05, 0) is 43.2 Å². The number of nitrogens with zero attached hydrogens (tertiary/aromatic N) is 4. The summed E-state index contributed by atoms with van der Waals surface area (Å²) in [5.74, 6) is -1.13. The summed E-state index contributed by atoms with van der Waals surface area (Å²) in [7, 11) is 0. The van der Waals surface area contributed by atoms with E-state index < -0.39 is 11.6 Å². The summed E-state index contributed by atoms with van der Waals surface area (Å²) in [5, 5.41) is 22.9. The predicted octanol–water partition coefficient (Wildman–Crippen LogP) is 3.66. The van der Waals surface area contributed by atoms with Crippen molar-refractivity contribution in [2.45, 2.75) is 26.8 Å². The number of rotatable bonds is 4. The molecule has 0 bridgehead atoms. The molecule has 4 rings (SSSR count). The molecule has 30 heavy (non-hydrogen) atoms. The Bertz CT molecular complexity index is 1210. The molecule has 156 valence electrons. The van der Waals surface area contributed by atoms with E-state index in [4.69, 9.17) is 10.8 Å². The Morgan fingerprint density at radius 3 is 2.80 bits per heavy atom. The Hall–Kier alpha value is -3.62. The zero-order chi connectivity index (χ0) is 21.4. The summed E-state index contributed by atoms with van der Waals surface area (Å²) in [6, 6.07) is 5.87. The largest absolute Gasteiger partial charge is 0.352 e. The van der Waals surface area contributed by atoms with Crippen LogP contribution < -0.4 is 15.7 Å². The maximum atomic E-state index is 14.0. The van der Waals surface area contributed by atoms with Gasteiger partial charge in [0.05, 0.1) is 17.6 Å². The van der Waals surface area contributed by atoms with Gasteiger partial charge in [0, 0.05) is 32.2 Å². The van der Waals surface area contributed by atoms with E-state index in [0.29, 0.717) is 31.0 Å². The van der Waals surface area contributed by atoms with Crippen LogP contribution in [0.1, 0.15) is 23.8 Å². The van der Waals surface area contributed by atoms with Gasteiger partial charge in [-0.2, -0.15) is 0 Å². The number of pyridine rings is 1. The lowest BCUT2D eigenvalue weighted by molar-refractivity contribution is 0.512. The third kappa shape index (κ3) is 3.42. The van der Waals surface area contributed by atoms with Crippen molar-refractivity contribution < 1.29 is 10.2 Å². The van der Waals surface area contributed by atoms with Crippen molar-refractivity contribution in [2.24, 2.45) is 0 Å². The quantitative estimate of drug-likeness (QED) is 0.451. The molecular formula is C21H23F2N7. The van der Waals surface area contributed by atoms with Gasteiger partial charge in [0.1, 0.15) is 6.34 Å². The Labute approximate surface area is 173 Å². The molecule has 1 aliphatic rings. The summed E-state index contributed by atoms with van der Waals surface area (Å²) >= 11 is 0. The average Bonchev–Trinajstić information content (AvgIpc) is 2.75. The first-order chi connectivity index (χ1) is 14.4. The standard InChI is InChI=1S/C21H21F2N7.H2/c1-12-13(2)21(28-30(11-24)20(12)25)29-7-6-17-14(10-29)8-15(9-26-17)27-18-5-3-4-16(22)19(18)23;/h3-5,8-9,11,24-25,27H,6-7,10H2,1-2H3;1H. The van der Waals surface area contributed by atoms with Crippen LogP contribution >= 0.6 is 0 Å². The van der Waals surface area contributed by atoms with Gasteiger partial charge in [-0.15, -0.1) is 5.10 Å². The molecule has 0 fully saturated rings. The lowest BCUT2D eigenvalue weighted by atomic mass is 10.0. The highest BCUT2D eigenvalue weighted by Gasteiger charge is 2.22. The van der Waals surface area contributed by atoms with Gasteiger partial charge in [-0.25, -0.2) is 13.5 Å². The van der Waals surface area contributed by atoms with Crippen LogP contribution in [-0.4, -0.2) is 27.6 Å². The van der Waals surface area contributed by atoms with E-state index in [-0.39, 0.29) is 12.6 Å². The SMILES string of the molecule is Cc1c(N2CCc3ncc(Nc4cccc(F)c4F)cc3C2)nn(C=N)c(=N)c1C.[HH]. The average molecular weight is 411 g/mol. The molecule has 0 saturated carbocycles. The number of anilines is 3. The molecule has 0 spiro atoms. The van der Waals surface area contributed by atoms with Gasteiger partial charge in [0.15, 0.2) is 22.9 Å². The van der Waals surface area contributed by atoms with Gasteiger partial charge >= 0.3 is 0 Å². The fourth-order valence-corrected chi connectivity index (χ4v) is 3.57. The fraction of sp³-hybridized carbons (Fsp3) is 0.238. The van der Waals surface area contributed by atoms with Gasteiger partial charge in [0.25, 0.3) is 0 Å². The zero-order valence-electron chi connectivity index (χ0n) is 16.6. The molecule has 2 aromatic heterocycles. The summed E-state index contributed by atoms with van der Waals surface area (Å²) in [4.78, 5) is 6.57. The van der Waals surface area contributed by atoms with Crippen molar-refractivity contribution in [3.8, 4) is 0 Å². The highest BCUT2D eigenvalue weighted by atomic mass is 19.2. The minimum absolute atomic E-state index is 0. The van der Waals surface area contributed by atoms with Crippen molar-refractivity contribution in [3.05, 3.63) is 70.0 Å². The van der Waals surface area contributed by atoms with E-state index in [1.165, 1.54) is 16.8 Å². The molecule has 9 heteroatoms. The Morgan fingerprint density at radius 1 is 1.23 bits per heavy atom. The highest BCUT2D eigenvalue weighted by molar-refractivity contribution is 5.62. The second-order valence-corrected chi connectivity index (χ2v) is 7.22. The molecule has 1 aromatic carbocycles. The second kappa shape index (κ2) is 7.66. The van der Waals surface area contributed by atoms with Crippen LogP contribution in [0.4, 0.5) is 26.0 Å². The van der Waals surface area contributed by atoms with Gasteiger partial charge in [-0.1, -0.05) is 6.07 Å². The maximum absolute atomic E-state index is 14.0. The molecule has 7 nitrogen and oxygen atoms in total. The van der Waals surface area contributed by atoms with Crippen LogP contribution in [0.5, 0.6) is 0 Å². The van der Waals surface area contributed by atoms with Crippen molar-refractivity contribution in [1.82, 2.24) is 14.8 Å². The predicted molar refractivity (Wildman–Crippen MR) is 112 cm³/mol. The van der Waals surface area contributed by atoms with Crippen LogP contribution in [0.3, 0.4) is 0 Å². The van der Waals surface area contributed by atoms with E-state index >= 15 is 0 Å². The molecule has 0 atom stereocenters. The van der Waals surface area contributed by atoms with Crippen LogP contribution in [0.25, 0.3) is 0 Å². The number of benzene rings is 1. The van der Waals surface area contributed by atoms with Gasteiger partial charge in [0.2, 0.25) is 0 Å². The van der Waals surface area contributed by atoms with Gasteiger partial charge < -0.3 is 10.2 Å². The van der Waals surface area contributed by atoms with Crippen LogP contribution in [0.15, 0.2) is 30.5 Å². The lowest BCUT2D eigenvalue weighted by Crippen LogP contribution is -2.36. The minimum Gasteiger partial charge on any atom is -0.352 e. The third-order valence-corrected chi connectivity index (χ3v) is 5.38. The Balaban J connectivity index is 0.00000272. The van der Waals surface area contributed by atoms with Crippen molar-refractivity contribution in [2.75, 3.05) is 16.8 Å². The molecule has 0 saturated heterocycles. The van der Waals surface area contributed by atoms with Crippen molar-refractivity contribution in [1.29, 1.82) is 10.8 Å². The van der Waals surface area contributed by atoms with E-state index in [1.54, 1.807) is 6.20 Å². The molecular weight excluding hydrogens is 388 g/mol. The molecule has 0 amide bonds. The molecule has 3 heterocycles. The summed E-state index contributed by atoms with van der Waals surface area (Å²) in [5.41, 5.74) is 4.37. The summed E-state index contributed by atoms with van der Waals surface area (Å²) < 4.78 is 28.7. The number of hydrogen-bond acceptors (Lipinski definition) is 6. The fourth-order valence-electron chi connectivity index (χ4n) is 3.57. The Kier molecular flexibility index (Phi) is 5.03. The first-order valence-electron chi connectivity index (χ1n) is 9.48. The van der Waals surface area contributed by atoms with E-state index in [2.05, 4.69) is 20.3 Å². The Morgan fingerprint density at radius 2 is 2.03 bits per heavy atom. The molecule has 3 aromatic rings. The molecule has 3 N–H and O–H groups in total. The second-order valence-electron chi connectivity index (χ2n) is 7.22. The normalized spacial score (nSPS) is 13.1. The number of halogens is 2. The van der Waals surface area contributed by atoms with E-state index in [1.807, 2.05) is 19.9 Å². The summed E-state index contributed by atoms with van der Waals surface area (Å²) in [6.07, 6.45) is 3.34. The first kappa shape index (κ1) is 19.7. The lowest BCUT2D eigenvalue weighted by Gasteiger charge is -2.31. The highest BCUT2D eigenvalue weighted by Crippen LogP contribution is 2.28. The smallest absolute Gasteiger partial charge is 0.182 e. The monoisotopic (exact) mass is 411 g/mol. The summed E-state index contributed by atoms with van der Waals surface area (Å²) in [6.45, 7) is 5.00. The zero-order valence-corrected chi connectivity index (χ0v) is 16.6. The molecule has 0 unspecified atom stereocenters. The maximum Gasteiger partial charge on any atom is 0.182 e. The molecule has 0 aliphatic carbocycles. The number of fused-ring (bicyclic) bond motifs is 1.